The predicted octanol–water partition coefficient (Wildman–Crippen LogP) is 3.45. The lowest BCUT2D eigenvalue weighted by Crippen LogP contribution is -2.49. The topological polar surface area (TPSA) is 110 Å². The number of benzene rings is 2. The minimum Gasteiger partial charge on any atom is -0.333 e. The number of thioether (sulfide) groups is 1. The number of carbonyl (C=O) groups excluding carboxylic acids is 2. The van der Waals surface area contributed by atoms with Gasteiger partial charge in [0.2, 0.25) is 11.7 Å². The van der Waals surface area contributed by atoms with E-state index in [1.54, 1.807) is 23.5 Å². The van der Waals surface area contributed by atoms with Crippen LogP contribution in [0.2, 0.25) is 0 Å². The molecule has 4 rings (SSSR count). The van der Waals surface area contributed by atoms with Gasteiger partial charge in [-0.2, -0.15) is 0 Å². The molecule has 2 aromatic heterocycles. The number of carbonyl (C=O) groups is 2. The molecule has 0 bridgehead atoms. The second-order valence-electron chi connectivity index (χ2n) is 9.02. The molecule has 1 unspecified atom stereocenters. The zero-order valence-corrected chi connectivity index (χ0v) is 20.4. The SMILES string of the molecule is Cc1ccccc1-n1c(=O)c2ccccc2n2c(SC(C)C(=O)NC(=O)NC(C)(C)C)nnc12. The molecule has 2 heterocycles. The molecule has 2 aromatic carbocycles. The highest BCUT2D eigenvalue weighted by atomic mass is 32.2. The summed E-state index contributed by atoms with van der Waals surface area (Å²) in [5.41, 5.74) is 1.58. The van der Waals surface area contributed by atoms with Crippen molar-refractivity contribution in [3.8, 4) is 5.69 Å². The summed E-state index contributed by atoms with van der Waals surface area (Å²) in [6.07, 6.45) is 0. The van der Waals surface area contributed by atoms with Gasteiger partial charge in [0.15, 0.2) is 5.16 Å². The maximum absolute atomic E-state index is 13.4. The summed E-state index contributed by atoms with van der Waals surface area (Å²) < 4.78 is 3.31. The van der Waals surface area contributed by atoms with Crippen LogP contribution in [-0.2, 0) is 4.79 Å². The number of hydrogen-bond acceptors (Lipinski definition) is 6. The Bertz CT molecular complexity index is 1470. The lowest BCUT2D eigenvalue weighted by molar-refractivity contribution is -0.119. The van der Waals surface area contributed by atoms with Crippen molar-refractivity contribution in [3.05, 3.63) is 64.4 Å². The molecular formula is C24H26N6O3S. The van der Waals surface area contributed by atoms with Gasteiger partial charge in [-0.25, -0.2) is 9.36 Å². The van der Waals surface area contributed by atoms with Gasteiger partial charge in [0, 0.05) is 5.54 Å². The quantitative estimate of drug-likeness (QED) is 0.435. The first-order valence-electron chi connectivity index (χ1n) is 10.8. The molecule has 0 saturated heterocycles. The van der Waals surface area contributed by atoms with Crippen molar-refractivity contribution >= 4 is 40.4 Å². The summed E-state index contributed by atoms with van der Waals surface area (Å²) in [4.78, 5) is 38.2. The molecule has 10 heteroatoms. The Hall–Kier alpha value is -3.66. The van der Waals surface area contributed by atoms with E-state index >= 15 is 0 Å². The second-order valence-corrected chi connectivity index (χ2v) is 10.3. The van der Waals surface area contributed by atoms with E-state index in [1.165, 1.54) is 4.57 Å². The number of fused-ring (bicyclic) bond motifs is 3. The molecule has 2 N–H and O–H groups in total. The van der Waals surface area contributed by atoms with Crippen LogP contribution in [0.5, 0.6) is 0 Å². The zero-order valence-electron chi connectivity index (χ0n) is 19.6. The highest BCUT2D eigenvalue weighted by Gasteiger charge is 2.24. The monoisotopic (exact) mass is 478 g/mol. The van der Waals surface area contributed by atoms with Crippen LogP contribution in [0.15, 0.2) is 58.5 Å². The smallest absolute Gasteiger partial charge is 0.321 e. The van der Waals surface area contributed by atoms with E-state index in [4.69, 9.17) is 0 Å². The molecule has 4 aromatic rings. The second kappa shape index (κ2) is 8.94. The molecule has 0 aliphatic heterocycles. The third kappa shape index (κ3) is 4.54. The van der Waals surface area contributed by atoms with Crippen LogP contribution >= 0.6 is 11.8 Å². The molecule has 0 radical (unpaired) electrons. The molecule has 0 aliphatic carbocycles. The van der Waals surface area contributed by atoms with E-state index in [2.05, 4.69) is 20.8 Å². The van der Waals surface area contributed by atoms with Crippen LogP contribution < -0.4 is 16.2 Å². The standard InChI is InChI=1S/C24H26N6O3S/c1-14-10-6-8-12-17(14)29-20(32)16-11-7-9-13-18(16)30-22(29)27-28-23(30)34-15(2)19(31)25-21(33)26-24(3,4)5/h6-13,15H,1-5H3,(H2,25,26,31,33). The molecule has 0 spiro atoms. The fraction of sp³-hybridized carbons (Fsp3) is 0.292. The third-order valence-corrected chi connectivity index (χ3v) is 6.17. The molecule has 0 saturated carbocycles. The Morgan fingerprint density at radius 2 is 1.71 bits per heavy atom. The summed E-state index contributed by atoms with van der Waals surface area (Å²) in [6.45, 7) is 9.10. The van der Waals surface area contributed by atoms with E-state index in [0.717, 1.165) is 17.3 Å². The van der Waals surface area contributed by atoms with Gasteiger partial charge in [0.25, 0.3) is 5.56 Å². The maximum atomic E-state index is 13.4. The Labute approximate surface area is 200 Å². The summed E-state index contributed by atoms with van der Waals surface area (Å²) in [6, 6.07) is 14.2. The molecule has 0 fully saturated rings. The number of aryl methyl sites for hydroxylation is 1. The first kappa shape index (κ1) is 23.5. The van der Waals surface area contributed by atoms with Crippen molar-refractivity contribution in [2.24, 2.45) is 0 Å². The highest BCUT2D eigenvalue weighted by Crippen LogP contribution is 2.26. The summed E-state index contributed by atoms with van der Waals surface area (Å²) in [7, 11) is 0. The minimum atomic E-state index is -0.643. The van der Waals surface area contributed by atoms with E-state index in [9.17, 15) is 14.4 Å². The Balaban J connectivity index is 1.77. The van der Waals surface area contributed by atoms with E-state index in [-0.39, 0.29) is 5.56 Å². The van der Waals surface area contributed by atoms with Gasteiger partial charge in [0.05, 0.1) is 21.8 Å². The van der Waals surface area contributed by atoms with Crippen molar-refractivity contribution < 1.29 is 9.59 Å². The lowest BCUT2D eigenvalue weighted by atomic mass is 10.1. The molecule has 34 heavy (non-hydrogen) atoms. The van der Waals surface area contributed by atoms with Gasteiger partial charge in [-0.3, -0.25) is 19.3 Å². The van der Waals surface area contributed by atoms with Crippen molar-refractivity contribution in [2.45, 2.75) is 50.6 Å². The first-order chi connectivity index (χ1) is 16.1. The Morgan fingerprint density at radius 1 is 1.03 bits per heavy atom. The highest BCUT2D eigenvalue weighted by molar-refractivity contribution is 8.00. The van der Waals surface area contributed by atoms with E-state index < -0.39 is 22.7 Å². The number of urea groups is 1. The van der Waals surface area contributed by atoms with Gasteiger partial charge in [-0.05, 0) is 58.4 Å². The number of nitrogens with zero attached hydrogens (tertiary/aromatic N) is 4. The number of amides is 3. The number of aromatic nitrogens is 4. The largest absolute Gasteiger partial charge is 0.333 e. The van der Waals surface area contributed by atoms with Gasteiger partial charge < -0.3 is 5.32 Å². The van der Waals surface area contributed by atoms with Crippen LogP contribution in [0.3, 0.4) is 0 Å². The Kier molecular flexibility index (Phi) is 6.18. The number of para-hydroxylation sites is 2. The fourth-order valence-corrected chi connectivity index (χ4v) is 4.44. The molecule has 0 aliphatic rings. The van der Waals surface area contributed by atoms with Crippen LogP contribution in [0.4, 0.5) is 4.79 Å². The molecule has 3 amide bonds. The molecule has 176 valence electrons. The fourth-order valence-electron chi connectivity index (χ4n) is 3.58. The van der Waals surface area contributed by atoms with Crippen molar-refractivity contribution in [1.29, 1.82) is 0 Å². The molecular weight excluding hydrogens is 452 g/mol. The van der Waals surface area contributed by atoms with E-state index in [0.29, 0.717) is 27.5 Å². The van der Waals surface area contributed by atoms with Crippen molar-refractivity contribution in [2.75, 3.05) is 0 Å². The zero-order chi connectivity index (χ0) is 24.6. The van der Waals surface area contributed by atoms with Gasteiger partial charge in [-0.1, -0.05) is 42.1 Å². The van der Waals surface area contributed by atoms with E-state index in [1.807, 2.05) is 64.1 Å². The first-order valence-corrected chi connectivity index (χ1v) is 11.7. The van der Waals surface area contributed by atoms with Gasteiger partial charge in [0.1, 0.15) is 0 Å². The van der Waals surface area contributed by atoms with Crippen LogP contribution in [0.25, 0.3) is 22.4 Å². The Morgan fingerprint density at radius 3 is 2.41 bits per heavy atom. The van der Waals surface area contributed by atoms with Crippen LogP contribution in [-0.4, -0.2) is 41.9 Å². The molecule has 9 nitrogen and oxygen atoms in total. The summed E-state index contributed by atoms with van der Waals surface area (Å²) in [5.74, 6) is -0.112. The number of nitrogens with one attached hydrogen (secondary N) is 2. The maximum Gasteiger partial charge on any atom is 0.321 e. The average molecular weight is 479 g/mol. The predicted molar refractivity (Wildman–Crippen MR) is 133 cm³/mol. The normalized spacial score (nSPS) is 12.6. The summed E-state index contributed by atoms with van der Waals surface area (Å²) in [5, 5.41) is 14.0. The van der Waals surface area contributed by atoms with Crippen LogP contribution in [0, 0.1) is 6.92 Å². The van der Waals surface area contributed by atoms with Gasteiger partial charge in [-0.15, -0.1) is 10.2 Å². The van der Waals surface area contributed by atoms with Crippen LogP contribution in [0.1, 0.15) is 33.3 Å². The van der Waals surface area contributed by atoms with Gasteiger partial charge >= 0.3 is 6.03 Å². The minimum absolute atomic E-state index is 0.203. The molecule has 1 atom stereocenters. The average Bonchev–Trinajstić information content (AvgIpc) is 3.17. The lowest BCUT2D eigenvalue weighted by Gasteiger charge is -2.21. The number of imide groups is 1. The van der Waals surface area contributed by atoms with Crippen molar-refractivity contribution in [1.82, 2.24) is 29.8 Å². The van der Waals surface area contributed by atoms with Crippen molar-refractivity contribution in [3.63, 3.8) is 0 Å². The number of hydrogen-bond donors (Lipinski definition) is 2. The summed E-state index contributed by atoms with van der Waals surface area (Å²) >= 11 is 1.16. The number of rotatable bonds is 4. The third-order valence-electron chi connectivity index (χ3n) is 5.13.